The van der Waals surface area contributed by atoms with E-state index < -0.39 is 18.1 Å². The summed E-state index contributed by atoms with van der Waals surface area (Å²) in [6.07, 6.45) is -3.18. The zero-order valence-electron chi connectivity index (χ0n) is 18.2. The molecular formula is C23H26F3N3O2S. The Labute approximate surface area is 189 Å². The summed E-state index contributed by atoms with van der Waals surface area (Å²) in [6, 6.07) is 7.34. The van der Waals surface area contributed by atoms with Crippen molar-refractivity contribution in [2.45, 2.75) is 45.8 Å². The minimum Gasteiger partial charge on any atom is -0.346 e. The van der Waals surface area contributed by atoms with Crippen molar-refractivity contribution in [1.82, 2.24) is 15.2 Å². The van der Waals surface area contributed by atoms with Crippen LogP contribution in [0.4, 0.5) is 13.2 Å². The number of rotatable bonds is 4. The molecule has 9 heteroatoms. The minimum atomic E-state index is -4.94. The molecule has 32 heavy (non-hydrogen) atoms. The average molecular weight is 466 g/mol. The van der Waals surface area contributed by atoms with Crippen LogP contribution in [0.15, 0.2) is 24.3 Å². The average Bonchev–Trinajstić information content (AvgIpc) is 3.37. The van der Waals surface area contributed by atoms with Gasteiger partial charge in [-0.3, -0.25) is 9.59 Å². The van der Waals surface area contributed by atoms with Crippen LogP contribution in [0.25, 0.3) is 10.4 Å². The lowest BCUT2D eigenvalue weighted by Crippen LogP contribution is -2.48. The summed E-state index contributed by atoms with van der Waals surface area (Å²) in [5.41, 5.74) is 2.29. The third kappa shape index (κ3) is 4.40. The molecule has 0 spiro atoms. The van der Waals surface area contributed by atoms with E-state index in [4.69, 9.17) is 0 Å². The number of carbonyl (C=O) groups excluding carboxylic acids is 2. The molecule has 2 heterocycles. The van der Waals surface area contributed by atoms with Crippen LogP contribution in [0.2, 0.25) is 0 Å². The summed E-state index contributed by atoms with van der Waals surface area (Å²) >= 11 is 1.43. The summed E-state index contributed by atoms with van der Waals surface area (Å²) in [5, 5.41) is 2.76. The Bertz CT molecular complexity index is 1040. The quantitative estimate of drug-likeness (QED) is 0.718. The van der Waals surface area contributed by atoms with E-state index in [1.165, 1.54) is 11.3 Å². The van der Waals surface area contributed by atoms with Gasteiger partial charge < -0.3 is 10.2 Å². The molecule has 1 aliphatic carbocycles. The second kappa shape index (κ2) is 8.50. The first-order valence-electron chi connectivity index (χ1n) is 10.7. The van der Waals surface area contributed by atoms with E-state index in [2.05, 4.69) is 11.9 Å². The van der Waals surface area contributed by atoms with Crippen LogP contribution < -0.4 is 5.32 Å². The van der Waals surface area contributed by atoms with Crippen molar-refractivity contribution in [3.8, 4) is 10.4 Å². The number of halogens is 3. The van der Waals surface area contributed by atoms with Gasteiger partial charge in [-0.15, -0.1) is 11.3 Å². The molecule has 1 aliphatic heterocycles. The lowest BCUT2D eigenvalue weighted by Gasteiger charge is -2.28. The summed E-state index contributed by atoms with van der Waals surface area (Å²) in [5.74, 6) is -1.50. The molecule has 2 aromatic rings. The maximum Gasteiger partial charge on any atom is 0.471 e. The van der Waals surface area contributed by atoms with Gasteiger partial charge in [-0.2, -0.15) is 13.2 Å². The fraction of sp³-hybridized carbons (Fsp3) is 0.522. The third-order valence-electron chi connectivity index (χ3n) is 6.52. The van der Waals surface area contributed by atoms with Gasteiger partial charge in [0.2, 0.25) is 0 Å². The number of amides is 2. The van der Waals surface area contributed by atoms with Crippen LogP contribution in [0.5, 0.6) is 0 Å². The van der Waals surface area contributed by atoms with Gasteiger partial charge in [-0.25, -0.2) is 4.98 Å². The number of nitrogens with one attached hydrogen (secondary N) is 1. The smallest absolute Gasteiger partial charge is 0.346 e. The van der Waals surface area contributed by atoms with Gasteiger partial charge in [0, 0.05) is 13.1 Å². The normalized spacial score (nSPS) is 25.1. The Kier molecular flexibility index (Phi) is 6.04. The topological polar surface area (TPSA) is 62.3 Å². The predicted molar refractivity (Wildman–Crippen MR) is 116 cm³/mol. The summed E-state index contributed by atoms with van der Waals surface area (Å²) in [7, 11) is 0. The lowest BCUT2D eigenvalue weighted by atomic mass is 9.93. The van der Waals surface area contributed by atoms with Crippen molar-refractivity contribution in [3.05, 3.63) is 40.5 Å². The predicted octanol–water partition coefficient (Wildman–Crippen LogP) is 4.59. The number of benzene rings is 1. The molecule has 1 aromatic heterocycles. The number of likely N-dealkylation sites (tertiary alicyclic amines) is 1. The molecule has 0 bridgehead atoms. The number of alkyl halides is 3. The fourth-order valence-electron chi connectivity index (χ4n) is 5.23. The fourth-order valence-corrected chi connectivity index (χ4v) is 6.13. The number of hydrogen-bond acceptors (Lipinski definition) is 4. The third-order valence-corrected chi connectivity index (χ3v) is 7.54. The Morgan fingerprint density at radius 1 is 1.25 bits per heavy atom. The molecule has 2 amide bonds. The first kappa shape index (κ1) is 22.8. The molecule has 5 nitrogen and oxygen atoms in total. The molecule has 1 saturated heterocycles. The van der Waals surface area contributed by atoms with Gasteiger partial charge in [0.05, 0.1) is 15.9 Å². The molecule has 4 atom stereocenters. The molecule has 2 aliphatic rings. The number of hydrogen-bond donors (Lipinski definition) is 1. The largest absolute Gasteiger partial charge is 0.471 e. The van der Waals surface area contributed by atoms with Crippen LogP contribution >= 0.6 is 11.3 Å². The second-order valence-corrected chi connectivity index (χ2v) is 10.2. The standard InChI is InChI=1S/C23H26F3N3O2S/c1-12-5-4-6-15(7-12)20-19(28-14(3)32-20)21(30)29-11-16-8-13(2)9-17(16)18(29)10-27-22(31)23(24,25)26/h4-7,13,16-18H,8-11H2,1-3H3,(H,27,31)/t13?,16-,17-,18+/m0/s1. The van der Waals surface area contributed by atoms with E-state index in [9.17, 15) is 22.8 Å². The summed E-state index contributed by atoms with van der Waals surface area (Å²) < 4.78 is 38.2. The van der Waals surface area contributed by atoms with E-state index >= 15 is 0 Å². The number of fused-ring (bicyclic) bond motifs is 1. The molecule has 2 fully saturated rings. The van der Waals surface area contributed by atoms with Crippen molar-refractivity contribution < 1.29 is 22.8 Å². The highest BCUT2D eigenvalue weighted by Crippen LogP contribution is 2.46. The Morgan fingerprint density at radius 3 is 2.69 bits per heavy atom. The van der Waals surface area contributed by atoms with Gasteiger partial charge in [0.25, 0.3) is 5.91 Å². The van der Waals surface area contributed by atoms with Gasteiger partial charge in [-0.1, -0.05) is 36.8 Å². The second-order valence-electron chi connectivity index (χ2n) is 9.01. The summed E-state index contributed by atoms with van der Waals surface area (Å²) in [6.45, 7) is 6.20. The Balaban J connectivity index is 1.63. The minimum absolute atomic E-state index is 0.0737. The van der Waals surface area contributed by atoms with Crippen molar-refractivity contribution in [3.63, 3.8) is 0 Å². The highest BCUT2D eigenvalue weighted by molar-refractivity contribution is 7.15. The van der Waals surface area contributed by atoms with E-state index in [1.807, 2.05) is 43.4 Å². The van der Waals surface area contributed by atoms with Crippen molar-refractivity contribution in [2.24, 2.45) is 17.8 Å². The van der Waals surface area contributed by atoms with E-state index in [0.29, 0.717) is 18.2 Å². The van der Waals surface area contributed by atoms with E-state index in [1.54, 1.807) is 4.90 Å². The van der Waals surface area contributed by atoms with Crippen LogP contribution in [0.1, 0.15) is 40.8 Å². The number of aryl methyl sites for hydroxylation is 2. The van der Waals surface area contributed by atoms with Gasteiger partial charge in [-0.05, 0) is 50.0 Å². The van der Waals surface area contributed by atoms with E-state index in [0.717, 1.165) is 33.9 Å². The van der Waals surface area contributed by atoms with Gasteiger partial charge >= 0.3 is 12.1 Å². The molecule has 172 valence electrons. The maximum absolute atomic E-state index is 13.6. The summed E-state index contributed by atoms with van der Waals surface area (Å²) in [4.78, 5) is 32.0. The van der Waals surface area contributed by atoms with Crippen molar-refractivity contribution in [2.75, 3.05) is 13.1 Å². The van der Waals surface area contributed by atoms with Crippen molar-refractivity contribution in [1.29, 1.82) is 0 Å². The highest BCUT2D eigenvalue weighted by atomic mass is 32.1. The molecule has 1 unspecified atom stereocenters. The molecule has 1 N–H and O–H groups in total. The Morgan fingerprint density at radius 2 is 2.00 bits per heavy atom. The molecule has 4 rings (SSSR count). The molecular weight excluding hydrogens is 439 g/mol. The van der Waals surface area contributed by atoms with E-state index in [-0.39, 0.29) is 24.3 Å². The lowest BCUT2D eigenvalue weighted by molar-refractivity contribution is -0.173. The van der Waals surface area contributed by atoms with Gasteiger partial charge in [0.15, 0.2) is 0 Å². The Hall–Kier alpha value is -2.42. The molecule has 1 aromatic carbocycles. The number of thiazole rings is 1. The molecule has 0 radical (unpaired) electrons. The van der Waals surface area contributed by atoms with Crippen LogP contribution in [-0.4, -0.2) is 47.0 Å². The number of nitrogens with zero attached hydrogens (tertiary/aromatic N) is 2. The maximum atomic E-state index is 13.6. The van der Waals surface area contributed by atoms with Gasteiger partial charge in [0.1, 0.15) is 5.69 Å². The number of carbonyl (C=O) groups is 2. The first-order chi connectivity index (χ1) is 15.0. The zero-order valence-corrected chi connectivity index (χ0v) is 19.0. The monoisotopic (exact) mass is 465 g/mol. The zero-order chi connectivity index (χ0) is 23.2. The van der Waals surface area contributed by atoms with Crippen molar-refractivity contribution >= 4 is 23.2 Å². The SMILES string of the molecule is Cc1cccc(-c2sc(C)nc2C(=O)N2C[C@@H]3CC(C)C[C@@H]3[C@H]2CNC(=O)C(F)(F)F)c1. The van der Waals surface area contributed by atoms with Crippen LogP contribution in [0, 0.1) is 31.6 Å². The first-order valence-corrected chi connectivity index (χ1v) is 11.6. The highest BCUT2D eigenvalue weighted by Gasteiger charge is 2.49. The van der Waals surface area contributed by atoms with Crippen LogP contribution in [-0.2, 0) is 4.79 Å². The number of aromatic nitrogens is 1. The van der Waals surface area contributed by atoms with Crippen LogP contribution in [0.3, 0.4) is 0 Å². The molecule has 1 saturated carbocycles.